The molecular formula is C20H20FN5O2. The molecule has 0 spiro atoms. The summed E-state index contributed by atoms with van der Waals surface area (Å²) in [5.41, 5.74) is 8.38. The molecule has 2 aromatic heterocycles. The minimum absolute atomic E-state index is 0.0526. The number of methoxy groups -OCH3 is 1. The number of halogens is 1. The highest BCUT2D eigenvalue weighted by atomic mass is 19.1. The third-order valence-corrected chi connectivity index (χ3v) is 5.14. The monoisotopic (exact) mass is 381 g/mol. The van der Waals surface area contributed by atoms with E-state index in [4.69, 9.17) is 10.5 Å². The summed E-state index contributed by atoms with van der Waals surface area (Å²) < 4.78 is 21.0. The first-order chi connectivity index (χ1) is 13.5. The fraction of sp³-hybridized carbons (Fsp3) is 0.250. The maximum Gasteiger partial charge on any atom is 0.246 e. The van der Waals surface area contributed by atoms with E-state index in [1.54, 1.807) is 17.0 Å². The molecule has 0 bridgehead atoms. The topological polar surface area (TPSA) is 86.3 Å². The normalized spacial score (nSPS) is 16.5. The van der Waals surface area contributed by atoms with E-state index in [0.717, 1.165) is 17.5 Å². The molecule has 1 saturated heterocycles. The number of fused-ring (bicyclic) bond motifs is 1. The van der Waals surface area contributed by atoms with Crippen LogP contribution >= 0.6 is 0 Å². The summed E-state index contributed by atoms with van der Waals surface area (Å²) in [5.74, 6) is -0.0262. The lowest BCUT2D eigenvalue weighted by molar-refractivity contribution is -0.125. The molecule has 1 aliphatic heterocycles. The zero-order valence-corrected chi connectivity index (χ0v) is 15.4. The number of rotatable bonds is 4. The molecule has 3 heterocycles. The zero-order chi connectivity index (χ0) is 19.8. The van der Waals surface area contributed by atoms with Crippen LogP contribution in [0.4, 0.5) is 10.2 Å². The Hall–Kier alpha value is -3.42. The van der Waals surface area contributed by atoms with Crippen LogP contribution in [0, 0.1) is 5.82 Å². The first kappa shape index (κ1) is 18.0. The van der Waals surface area contributed by atoms with Gasteiger partial charge < -0.3 is 19.9 Å². The highest BCUT2D eigenvalue weighted by molar-refractivity contribution is 6.00. The van der Waals surface area contributed by atoms with Crippen molar-refractivity contribution in [3.05, 3.63) is 49.2 Å². The Morgan fingerprint density at radius 1 is 1.43 bits per heavy atom. The minimum atomic E-state index is -0.436. The molecule has 4 rings (SSSR count). The lowest BCUT2D eigenvalue weighted by Gasteiger charge is -2.15. The predicted octanol–water partition coefficient (Wildman–Crippen LogP) is 2.79. The van der Waals surface area contributed by atoms with Gasteiger partial charge in [0.1, 0.15) is 17.8 Å². The van der Waals surface area contributed by atoms with Crippen LogP contribution in [0.5, 0.6) is 5.75 Å². The molecule has 0 aliphatic carbocycles. The number of hydrogen-bond acceptors (Lipinski definition) is 5. The molecule has 144 valence electrons. The second-order valence-electron chi connectivity index (χ2n) is 6.69. The number of ether oxygens (including phenoxy) is 1. The number of amides is 1. The van der Waals surface area contributed by atoms with Crippen LogP contribution in [0.2, 0.25) is 0 Å². The lowest BCUT2D eigenvalue weighted by atomic mass is 10.1. The van der Waals surface area contributed by atoms with Gasteiger partial charge >= 0.3 is 0 Å². The Kier molecular flexibility index (Phi) is 4.46. The molecule has 1 aliphatic rings. The smallest absolute Gasteiger partial charge is 0.246 e. The largest absolute Gasteiger partial charge is 0.494 e. The Bertz CT molecular complexity index is 1080. The van der Waals surface area contributed by atoms with Gasteiger partial charge in [0.2, 0.25) is 5.91 Å². The van der Waals surface area contributed by atoms with E-state index in [2.05, 4.69) is 16.5 Å². The molecule has 0 saturated carbocycles. The van der Waals surface area contributed by atoms with Gasteiger partial charge in [-0.15, -0.1) is 0 Å². The van der Waals surface area contributed by atoms with Gasteiger partial charge in [-0.25, -0.2) is 14.4 Å². The molecule has 0 unspecified atom stereocenters. The fourth-order valence-electron chi connectivity index (χ4n) is 3.73. The van der Waals surface area contributed by atoms with Crippen molar-refractivity contribution in [1.82, 2.24) is 19.4 Å². The van der Waals surface area contributed by atoms with Crippen molar-refractivity contribution in [3.8, 4) is 16.9 Å². The average Bonchev–Trinajstić information content (AvgIpc) is 3.33. The van der Waals surface area contributed by atoms with Crippen LogP contribution < -0.4 is 10.5 Å². The van der Waals surface area contributed by atoms with Gasteiger partial charge in [0, 0.05) is 24.8 Å². The molecule has 7 nitrogen and oxygen atoms in total. The number of anilines is 1. The SMILES string of the molecule is C=CC(=O)N1CC[C@@H](n2cc(-c3ccc(F)c(OC)c3)c3c(N)ncnc32)C1. The molecular weight excluding hydrogens is 361 g/mol. The van der Waals surface area contributed by atoms with Gasteiger partial charge in [0.25, 0.3) is 0 Å². The van der Waals surface area contributed by atoms with Gasteiger partial charge in [0.15, 0.2) is 11.6 Å². The van der Waals surface area contributed by atoms with E-state index >= 15 is 0 Å². The van der Waals surface area contributed by atoms with Crippen LogP contribution in [0.25, 0.3) is 22.2 Å². The summed E-state index contributed by atoms with van der Waals surface area (Å²) in [4.78, 5) is 22.2. The standard InChI is InChI=1S/C20H20FN5O2/c1-3-17(27)25-7-6-13(9-25)26-10-14(18-19(22)23-11-24-20(18)26)12-4-5-15(21)16(8-12)28-2/h3-5,8,10-11,13H,1,6-7,9H2,2H3,(H2,22,23,24)/t13-/m1/s1. The third-order valence-electron chi connectivity index (χ3n) is 5.14. The number of likely N-dealkylation sites (tertiary alicyclic amines) is 1. The highest BCUT2D eigenvalue weighted by Gasteiger charge is 2.29. The number of hydrogen-bond donors (Lipinski definition) is 1. The number of aromatic nitrogens is 3. The molecule has 1 fully saturated rings. The number of nitrogen functional groups attached to an aromatic ring is 1. The van der Waals surface area contributed by atoms with Crippen LogP contribution in [-0.2, 0) is 4.79 Å². The summed E-state index contributed by atoms with van der Waals surface area (Å²) in [6.45, 7) is 4.76. The number of nitrogens with zero attached hydrogens (tertiary/aromatic N) is 4. The Morgan fingerprint density at radius 3 is 3.00 bits per heavy atom. The Balaban J connectivity index is 1.83. The van der Waals surface area contributed by atoms with Gasteiger partial charge in [-0.05, 0) is 30.2 Å². The fourth-order valence-corrected chi connectivity index (χ4v) is 3.73. The highest BCUT2D eigenvalue weighted by Crippen LogP contribution is 2.37. The summed E-state index contributed by atoms with van der Waals surface area (Å²) in [6.07, 6.45) is 5.48. The number of nitrogens with two attached hydrogens (primary N) is 1. The molecule has 2 N–H and O–H groups in total. The van der Waals surface area contributed by atoms with Crippen LogP contribution in [0.3, 0.4) is 0 Å². The molecule has 1 amide bonds. The summed E-state index contributed by atoms with van der Waals surface area (Å²) in [5, 5.41) is 0.699. The molecule has 0 radical (unpaired) electrons. The van der Waals surface area contributed by atoms with Gasteiger partial charge in [-0.2, -0.15) is 0 Å². The summed E-state index contributed by atoms with van der Waals surface area (Å²) >= 11 is 0. The minimum Gasteiger partial charge on any atom is -0.494 e. The van der Waals surface area contributed by atoms with E-state index in [0.29, 0.717) is 29.9 Å². The Labute approximate surface area is 161 Å². The third kappa shape index (κ3) is 2.87. The van der Waals surface area contributed by atoms with Crippen molar-refractivity contribution < 1.29 is 13.9 Å². The molecule has 1 atom stereocenters. The van der Waals surface area contributed by atoms with E-state index in [-0.39, 0.29) is 17.7 Å². The lowest BCUT2D eigenvalue weighted by Crippen LogP contribution is -2.27. The Morgan fingerprint density at radius 2 is 2.25 bits per heavy atom. The first-order valence-electron chi connectivity index (χ1n) is 8.89. The first-order valence-corrected chi connectivity index (χ1v) is 8.89. The average molecular weight is 381 g/mol. The van der Waals surface area contributed by atoms with Crippen molar-refractivity contribution in [1.29, 1.82) is 0 Å². The second kappa shape index (κ2) is 6.95. The van der Waals surface area contributed by atoms with Crippen LogP contribution in [-0.4, -0.2) is 45.5 Å². The maximum atomic E-state index is 13.9. The van der Waals surface area contributed by atoms with Crippen molar-refractivity contribution in [2.75, 3.05) is 25.9 Å². The number of benzene rings is 1. The predicted molar refractivity (Wildman–Crippen MR) is 104 cm³/mol. The summed E-state index contributed by atoms with van der Waals surface area (Å²) in [6, 6.07) is 4.71. The maximum absolute atomic E-state index is 13.9. The zero-order valence-electron chi connectivity index (χ0n) is 15.4. The van der Waals surface area contributed by atoms with E-state index in [1.165, 1.54) is 25.6 Å². The molecule has 28 heavy (non-hydrogen) atoms. The van der Waals surface area contributed by atoms with E-state index in [9.17, 15) is 9.18 Å². The van der Waals surface area contributed by atoms with Gasteiger partial charge in [0.05, 0.1) is 18.5 Å². The van der Waals surface area contributed by atoms with Crippen molar-refractivity contribution in [3.63, 3.8) is 0 Å². The second-order valence-corrected chi connectivity index (χ2v) is 6.69. The van der Waals surface area contributed by atoms with Crippen molar-refractivity contribution in [2.45, 2.75) is 12.5 Å². The molecule has 3 aromatic rings. The van der Waals surface area contributed by atoms with Crippen molar-refractivity contribution in [2.24, 2.45) is 0 Å². The molecule has 8 heteroatoms. The summed E-state index contributed by atoms with van der Waals surface area (Å²) in [7, 11) is 1.42. The van der Waals surface area contributed by atoms with Gasteiger partial charge in [-0.1, -0.05) is 12.6 Å². The quantitative estimate of drug-likeness (QED) is 0.703. The van der Waals surface area contributed by atoms with Crippen LogP contribution in [0.1, 0.15) is 12.5 Å². The number of carbonyl (C=O) groups is 1. The number of carbonyl (C=O) groups excluding carboxylic acids is 1. The van der Waals surface area contributed by atoms with Crippen molar-refractivity contribution >= 4 is 22.8 Å². The van der Waals surface area contributed by atoms with Gasteiger partial charge in [-0.3, -0.25) is 4.79 Å². The van der Waals surface area contributed by atoms with E-state index in [1.807, 2.05) is 10.8 Å². The molecule has 1 aromatic carbocycles. The van der Waals surface area contributed by atoms with Crippen LogP contribution in [0.15, 0.2) is 43.4 Å². The van der Waals surface area contributed by atoms with E-state index < -0.39 is 5.82 Å².